The number of halogens is 1. The molecule has 0 fully saturated rings. The molecule has 0 aromatic heterocycles. The number of aliphatic hydroxyl groups excluding tert-OH is 1. The van der Waals surface area contributed by atoms with E-state index < -0.39 is 0 Å². The first-order valence-electron chi connectivity index (χ1n) is 5.49. The number of phenolic OH excluding ortho intramolecular Hbond substituents is 2. The van der Waals surface area contributed by atoms with E-state index in [0.717, 1.165) is 30.4 Å². The van der Waals surface area contributed by atoms with E-state index in [1.54, 1.807) is 0 Å². The fourth-order valence-corrected chi connectivity index (χ4v) is 3.04. The van der Waals surface area contributed by atoms with Crippen LogP contribution in [0.2, 0.25) is 0 Å². The lowest BCUT2D eigenvalue weighted by Crippen LogP contribution is -2.12. The zero-order valence-electron chi connectivity index (χ0n) is 8.91. The minimum Gasteiger partial charge on any atom is -0.508 e. The lowest BCUT2D eigenvalue weighted by Gasteiger charge is -2.27. The summed E-state index contributed by atoms with van der Waals surface area (Å²) in [6.45, 7) is 0.127. The highest BCUT2D eigenvalue weighted by atomic mass is 79.9. The van der Waals surface area contributed by atoms with Crippen LogP contribution in [0.4, 0.5) is 0 Å². The van der Waals surface area contributed by atoms with Gasteiger partial charge in [-0.15, -0.1) is 0 Å². The average molecular weight is 287 g/mol. The Kier molecular flexibility index (Phi) is 3.40. The summed E-state index contributed by atoms with van der Waals surface area (Å²) in [7, 11) is 0. The third kappa shape index (κ3) is 1.92. The molecule has 2 rings (SSSR count). The lowest BCUT2D eigenvalue weighted by molar-refractivity contribution is 0.267. The molecule has 0 saturated heterocycles. The monoisotopic (exact) mass is 286 g/mol. The molecule has 0 aliphatic heterocycles. The van der Waals surface area contributed by atoms with Crippen LogP contribution < -0.4 is 0 Å². The van der Waals surface area contributed by atoms with Crippen LogP contribution in [0.3, 0.4) is 0 Å². The summed E-state index contributed by atoms with van der Waals surface area (Å²) in [5, 5.41) is 28.5. The average Bonchev–Trinajstić information content (AvgIpc) is 2.26. The van der Waals surface area contributed by atoms with E-state index in [0.29, 0.717) is 10.9 Å². The Morgan fingerprint density at radius 1 is 1.31 bits per heavy atom. The Hall–Kier alpha value is -0.740. The van der Waals surface area contributed by atoms with Crippen LogP contribution in [0.15, 0.2) is 10.5 Å². The van der Waals surface area contributed by atoms with Crippen molar-refractivity contribution in [1.82, 2.24) is 0 Å². The first kappa shape index (κ1) is 11.7. The fraction of sp³-hybridized carbons (Fsp3) is 0.500. The van der Waals surface area contributed by atoms with Gasteiger partial charge >= 0.3 is 0 Å². The second-order valence-electron chi connectivity index (χ2n) is 4.22. The number of phenols is 2. The van der Waals surface area contributed by atoms with Crippen LogP contribution in [0.5, 0.6) is 11.5 Å². The van der Waals surface area contributed by atoms with Gasteiger partial charge in [0.05, 0.1) is 4.47 Å². The smallest absolute Gasteiger partial charge is 0.133 e. The van der Waals surface area contributed by atoms with E-state index in [-0.39, 0.29) is 24.0 Å². The number of aliphatic hydroxyl groups is 1. The van der Waals surface area contributed by atoms with Crippen LogP contribution in [0, 0.1) is 0 Å². The molecular weight excluding hydrogens is 272 g/mol. The van der Waals surface area contributed by atoms with E-state index in [2.05, 4.69) is 15.9 Å². The first-order valence-corrected chi connectivity index (χ1v) is 6.28. The van der Waals surface area contributed by atoms with E-state index in [1.165, 1.54) is 6.07 Å². The zero-order valence-corrected chi connectivity index (χ0v) is 10.5. The van der Waals surface area contributed by atoms with Crippen molar-refractivity contribution in [1.29, 1.82) is 0 Å². The number of benzene rings is 1. The fourth-order valence-electron chi connectivity index (χ4n) is 2.51. The van der Waals surface area contributed by atoms with Gasteiger partial charge in [0, 0.05) is 18.2 Å². The van der Waals surface area contributed by atoms with Gasteiger partial charge in [0.25, 0.3) is 0 Å². The van der Waals surface area contributed by atoms with Crippen molar-refractivity contribution >= 4 is 15.9 Å². The Labute approximate surface area is 103 Å². The van der Waals surface area contributed by atoms with Crippen LogP contribution in [0.25, 0.3) is 0 Å². The highest BCUT2D eigenvalue weighted by Gasteiger charge is 2.26. The zero-order chi connectivity index (χ0) is 11.7. The summed E-state index contributed by atoms with van der Waals surface area (Å²) >= 11 is 3.36. The van der Waals surface area contributed by atoms with Crippen molar-refractivity contribution in [2.75, 3.05) is 6.61 Å². The predicted octanol–water partition coefficient (Wildman–Crippen LogP) is 2.66. The van der Waals surface area contributed by atoms with Gasteiger partial charge in [-0.2, -0.15) is 0 Å². The molecule has 3 nitrogen and oxygen atoms in total. The molecule has 1 aromatic carbocycles. The Balaban J connectivity index is 2.51. The Bertz CT molecular complexity index is 404. The number of fused-ring (bicyclic) bond motifs is 1. The van der Waals surface area contributed by atoms with Crippen molar-refractivity contribution < 1.29 is 15.3 Å². The summed E-state index contributed by atoms with van der Waals surface area (Å²) in [5.74, 6) is 0.431. The molecule has 0 amide bonds. The van der Waals surface area contributed by atoms with Crippen molar-refractivity contribution in [2.45, 2.75) is 31.6 Å². The minimum atomic E-state index is 0.0842. The van der Waals surface area contributed by atoms with Gasteiger partial charge in [0.15, 0.2) is 0 Å². The molecule has 0 heterocycles. The predicted molar refractivity (Wildman–Crippen MR) is 64.9 cm³/mol. The molecule has 0 spiro atoms. The molecule has 0 bridgehead atoms. The standard InChI is InChI=1S/C12H15BrO3/c13-12-8-3-1-2-7(4-5-14)11(8)9(15)6-10(12)16/h6-7,14-16H,1-5H2/t7-/m0/s1. The van der Waals surface area contributed by atoms with Gasteiger partial charge in [-0.3, -0.25) is 0 Å². The quantitative estimate of drug-likeness (QED) is 0.783. The third-order valence-electron chi connectivity index (χ3n) is 3.23. The van der Waals surface area contributed by atoms with Crippen molar-refractivity contribution in [3.8, 4) is 11.5 Å². The van der Waals surface area contributed by atoms with Gasteiger partial charge in [0.1, 0.15) is 11.5 Å². The maximum Gasteiger partial charge on any atom is 0.133 e. The Morgan fingerprint density at radius 2 is 2.06 bits per heavy atom. The summed E-state index contributed by atoms with van der Waals surface area (Å²) in [6.07, 6.45) is 3.54. The lowest BCUT2D eigenvalue weighted by atomic mass is 9.80. The van der Waals surface area contributed by atoms with Crippen molar-refractivity contribution in [2.24, 2.45) is 0 Å². The van der Waals surface area contributed by atoms with Gasteiger partial charge in [-0.1, -0.05) is 0 Å². The highest BCUT2D eigenvalue weighted by Crippen LogP contribution is 2.45. The van der Waals surface area contributed by atoms with E-state index in [1.807, 2.05) is 0 Å². The summed E-state index contributed by atoms with van der Waals surface area (Å²) in [4.78, 5) is 0. The van der Waals surface area contributed by atoms with Crippen molar-refractivity contribution in [3.63, 3.8) is 0 Å². The van der Waals surface area contributed by atoms with E-state index in [4.69, 9.17) is 5.11 Å². The summed E-state index contributed by atoms with van der Waals surface area (Å²) < 4.78 is 0.683. The maximum absolute atomic E-state index is 9.90. The molecule has 1 aromatic rings. The molecule has 1 aliphatic carbocycles. The second-order valence-corrected chi connectivity index (χ2v) is 5.02. The highest BCUT2D eigenvalue weighted by molar-refractivity contribution is 9.10. The molecule has 3 N–H and O–H groups in total. The number of aromatic hydroxyl groups is 2. The van der Waals surface area contributed by atoms with Crippen LogP contribution in [-0.4, -0.2) is 21.9 Å². The van der Waals surface area contributed by atoms with Gasteiger partial charge in [0.2, 0.25) is 0 Å². The normalized spacial score (nSPS) is 19.5. The molecule has 88 valence electrons. The molecule has 0 saturated carbocycles. The SMILES string of the molecule is OCC[C@@H]1CCCc2c(Br)c(O)cc(O)c21. The topological polar surface area (TPSA) is 60.7 Å². The van der Waals surface area contributed by atoms with E-state index >= 15 is 0 Å². The second kappa shape index (κ2) is 4.63. The molecule has 0 unspecified atom stereocenters. The van der Waals surface area contributed by atoms with Gasteiger partial charge in [-0.25, -0.2) is 0 Å². The molecule has 4 heteroatoms. The third-order valence-corrected chi connectivity index (χ3v) is 4.11. The maximum atomic E-state index is 9.90. The minimum absolute atomic E-state index is 0.0842. The molecule has 16 heavy (non-hydrogen) atoms. The van der Waals surface area contributed by atoms with E-state index in [9.17, 15) is 10.2 Å². The van der Waals surface area contributed by atoms with Crippen LogP contribution in [0.1, 0.15) is 36.3 Å². The van der Waals surface area contributed by atoms with Gasteiger partial charge < -0.3 is 15.3 Å². The van der Waals surface area contributed by atoms with Crippen LogP contribution >= 0.6 is 15.9 Å². The number of rotatable bonds is 2. The first-order chi connectivity index (χ1) is 7.65. The molecule has 0 radical (unpaired) electrons. The van der Waals surface area contributed by atoms with Crippen LogP contribution in [-0.2, 0) is 6.42 Å². The molecule has 1 aliphatic rings. The largest absolute Gasteiger partial charge is 0.508 e. The summed E-state index contributed by atoms with van der Waals surface area (Å²) in [5.41, 5.74) is 1.88. The molecule has 1 atom stereocenters. The summed E-state index contributed by atoms with van der Waals surface area (Å²) in [6, 6.07) is 1.37. The van der Waals surface area contributed by atoms with Gasteiger partial charge in [-0.05, 0) is 53.1 Å². The number of hydrogen-bond donors (Lipinski definition) is 3. The van der Waals surface area contributed by atoms with Crippen molar-refractivity contribution in [3.05, 3.63) is 21.7 Å². The Morgan fingerprint density at radius 3 is 2.75 bits per heavy atom. The molecular formula is C12H15BrO3. The number of hydrogen-bond acceptors (Lipinski definition) is 3.